The minimum Gasteiger partial charge on any atom is -0.497 e. The zero-order valence-corrected chi connectivity index (χ0v) is 14.7. The van der Waals surface area contributed by atoms with E-state index < -0.39 is 9.05 Å². The topological polar surface area (TPSA) is 78.8 Å². The number of methoxy groups -OCH3 is 1. The third-order valence-electron chi connectivity index (χ3n) is 2.68. The number of ether oxygens (including phenoxy) is 1. The molecule has 0 spiro atoms. The molecule has 21 heavy (non-hydrogen) atoms. The number of hydrogen-bond acceptors (Lipinski definition) is 5. The smallest absolute Gasteiger partial charge is 0.263 e. The molecule has 0 aliphatic carbocycles. The molecule has 1 aromatic rings. The van der Waals surface area contributed by atoms with E-state index in [1.807, 2.05) is 12.1 Å². The molecule has 5 nitrogen and oxygen atoms in total. The summed E-state index contributed by atoms with van der Waals surface area (Å²) in [5.41, 5.74) is 1.35. The zero-order chi connectivity index (χ0) is 16.3. The Morgan fingerprint density at radius 2 is 1.90 bits per heavy atom. The lowest BCUT2D eigenvalue weighted by Crippen LogP contribution is -2.31. The van der Waals surface area contributed by atoms with Crippen LogP contribution >= 0.6 is 12.6 Å². The van der Waals surface area contributed by atoms with E-state index in [4.69, 9.17) is 18.1 Å². The molecule has 0 fully saturated rings. The van der Waals surface area contributed by atoms with Crippen LogP contribution in [-0.4, -0.2) is 38.8 Å². The van der Waals surface area contributed by atoms with E-state index in [-0.39, 0.29) is 0 Å². The maximum absolute atomic E-state index is 9.11. The molecule has 1 aromatic carbocycles. The third-order valence-corrected chi connectivity index (χ3v) is 2.90. The van der Waals surface area contributed by atoms with E-state index in [0.29, 0.717) is 6.04 Å². The van der Waals surface area contributed by atoms with Crippen LogP contribution in [0.25, 0.3) is 0 Å². The van der Waals surface area contributed by atoms with Gasteiger partial charge >= 0.3 is 0 Å². The van der Waals surface area contributed by atoms with Gasteiger partial charge in [-0.3, -0.25) is 9.11 Å². The highest BCUT2D eigenvalue weighted by molar-refractivity contribution is 8.26. The van der Waals surface area contributed by atoms with Gasteiger partial charge in [-0.2, -0.15) is 16.8 Å². The monoisotopic (exact) mass is 353 g/mol. The Balaban J connectivity index is 0.000000690. The summed E-state index contributed by atoms with van der Waals surface area (Å²) in [4.78, 5) is 0. The highest BCUT2D eigenvalue weighted by Gasteiger charge is 2.05. The van der Waals surface area contributed by atoms with Gasteiger partial charge in [0, 0.05) is 29.5 Å². The van der Waals surface area contributed by atoms with Crippen molar-refractivity contribution in [3.8, 4) is 5.75 Å². The van der Waals surface area contributed by atoms with Gasteiger partial charge in [-0.05, 0) is 30.5 Å². The van der Waals surface area contributed by atoms with Crippen molar-refractivity contribution in [3.63, 3.8) is 0 Å². The molecule has 0 aliphatic rings. The molecule has 0 aliphatic heterocycles. The Labute approximate surface area is 137 Å². The Kier molecular flexibility index (Phi) is 11.0. The number of nitrogens with one attached hydrogen (secondary N) is 1. The zero-order valence-electron chi connectivity index (χ0n) is 12.2. The molecule has 0 aromatic heterocycles. The van der Waals surface area contributed by atoms with E-state index in [1.54, 1.807) is 7.11 Å². The second-order valence-corrected chi connectivity index (χ2v) is 6.93. The standard InChI is InChI=1S/C13H21NOS.H2O3S2/c1-3-12(14-8-9-16)10-11-4-6-13(15-2)7-5-11;1-5(2,3)4/h4-7,12,14,16H,3,8-10H2,1-2H3;(H2,1,2,3,4). The van der Waals surface area contributed by atoms with E-state index in [9.17, 15) is 0 Å². The molecule has 1 unspecified atom stereocenters. The molecule has 3 N–H and O–H groups in total. The molecule has 8 heteroatoms. The van der Waals surface area contributed by atoms with Crippen molar-refractivity contribution in [2.24, 2.45) is 0 Å². The average molecular weight is 354 g/mol. The quantitative estimate of drug-likeness (QED) is 0.563. The van der Waals surface area contributed by atoms with Crippen molar-refractivity contribution >= 4 is 32.9 Å². The maximum atomic E-state index is 9.11. The van der Waals surface area contributed by atoms with Gasteiger partial charge in [-0.25, -0.2) is 0 Å². The summed E-state index contributed by atoms with van der Waals surface area (Å²) >= 11 is 7.67. The maximum Gasteiger partial charge on any atom is 0.263 e. The average Bonchev–Trinajstić information content (AvgIpc) is 2.42. The van der Waals surface area contributed by atoms with Crippen molar-refractivity contribution < 1.29 is 18.1 Å². The van der Waals surface area contributed by atoms with Gasteiger partial charge in [-0.1, -0.05) is 19.1 Å². The van der Waals surface area contributed by atoms with E-state index in [2.05, 4.69) is 48.2 Å². The lowest BCUT2D eigenvalue weighted by atomic mass is 10.0. The first kappa shape index (κ1) is 20.6. The van der Waals surface area contributed by atoms with Gasteiger partial charge in [0.2, 0.25) is 0 Å². The van der Waals surface area contributed by atoms with Crippen LogP contribution in [0.3, 0.4) is 0 Å². The Morgan fingerprint density at radius 3 is 2.29 bits per heavy atom. The Hall–Kier alpha value is -0.380. The predicted molar refractivity (Wildman–Crippen MR) is 93.4 cm³/mol. The van der Waals surface area contributed by atoms with Crippen LogP contribution in [0.2, 0.25) is 0 Å². The summed E-state index contributed by atoms with van der Waals surface area (Å²) in [6, 6.07) is 8.83. The van der Waals surface area contributed by atoms with Crippen LogP contribution in [0.4, 0.5) is 0 Å². The number of benzene rings is 1. The molecule has 0 saturated carbocycles. The molecule has 0 radical (unpaired) electrons. The van der Waals surface area contributed by atoms with Crippen molar-refractivity contribution in [2.75, 3.05) is 19.4 Å². The molecule has 0 saturated heterocycles. The van der Waals surface area contributed by atoms with Gasteiger partial charge in [0.05, 0.1) is 7.11 Å². The summed E-state index contributed by atoms with van der Waals surface area (Å²) in [7, 11) is -2.14. The lowest BCUT2D eigenvalue weighted by Gasteiger charge is -2.16. The molecule has 122 valence electrons. The predicted octanol–water partition coefficient (Wildman–Crippen LogP) is 2.21. The normalized spacial score (nSPS) is 12.2. The van der Waals surface area contributed by atoms with Crippen LogP contribution in [0.5, 0.6) is 5.75 Å². The van der Waals surface area contributed by atoms with Crippen molar-refractivity contribution in [1.82, 2.24) is 5.32 Å². The first-order valence-electron chi connectivity index (χ1n) is 6.47. The van der Waals surface area contributed by atoms with Gasteiger partial charge in [0.25, 0.3) is 9.05 Å². The first-order valence-corrected chi connectivity index (χ1v) is 9.50. The van der Waals surface area contributed by atoms with Crippen LogP contribution in [0, 0.1) is 0 Å². The Morgan fingerprint density at radius 1 is 1.38 bits per heavy atom. The fourth-order valence-electron chi connectivity index (χ4n) is 1.68. The molecular weight excluding hydrogens is 330 g/mol. The number of hydrogen-bond donors (Lipinski definition) is 4. The molecule has 1 rings (SSSR count). The van der Waals surface area contributed by atoms with Crippen molar-refractivity contribution in [1.29, 1.82) is 0 Å². The molecule has 1 atom stereocenters. The Bertz CT molecular complexity index is 469. The van der Waals surface area contributed by atoms with Gasteiger partial charge in [0.15, 0.2) is 0 Å². The SMILES string of the molecule is CCC(Cc1ccc(OC)cc1)NCCS.O=S(O)(O)=S. The van der Waals surface area contributed by atoms with Crippen LogP contribution in [0.1, 0.15) is 18.9 Å². The highest BCUT2D eigenvalue weighted by Crippen LogP contribution is 2.13. The lowest BCUT2D eigenvalue weighted by molar-refractivity contribution is 0.414. The summed E-state index contributed by atoms with van der Waals surface area (Å²) in [6.45, 7) is 3.18. The second kappa shape index (κ2) is 11.2. The summed E-state index contributed by atoms with van der Waals surface area (Å²) in [6.07, 6.45) is 2.20. The largest absolute Gasteiger partial charge is 0.497 e. The van der Waals surface area contributed by atoms with E-state index >= 15 is 0 Å². The van der Waals surface area contributed by atoms with Gasteiger partial charge in [-0.15, -0.1) is 0 Å². The number of thiol groups is 1. The van der Waals surface area contributed by atoms with Crippen LogP contribution in [0.15, 0.2) is 24.3 Å². The van der Waals surface area contributed by atoms with E-state index in [1.165, 1.54) is 5.56 Å². The minimum absolute atomic E-state index is 0.542. The highest BCUT2D eigenvalue weighted by atomic mass is 32.9. The summed E-state index contributed by atoms with van der Waals surface area (Å²) in [5.74, 6) is 1.80. The fourth-order valence-corrected chi connectivity index (χ4v) is 1.80. The third kappa shape index (κ3) is 13.0. The number of rotatable bonds is 7. The summed E-state index contributed by atoms with van der Waals surface area (Å²) in [5, 5.41) is 3.49. The van der Waals surface area contributed by atoms with Crippen LogP contribution in [-0.2, 0) is 26.7 Å². The molecule has 0 amide bonds. The van der Waals surface area contributed by atoms with Crippen LogP contribution < -0.4 is 10.1 Å². The molecule has 0 heterocycles. The van der Waals surface area contributed by atoms with Gasteiger partial charge in [0.1, 0.15) is 5.75 Å². The van der Waals surface area contributed by atoms with Crippen molar-refractivity contribution in [3.05, 3.63) is 29.8 Å². The minimum atomic E-state index is -3.83. The molecular formula is C13H23NO4S3. The molecule has 0 bridgehead atoms. The first-order chi connectivity index (χ1) is 9.80. The fraction of sp³-hybridized carbons (Fsp3) is 0.538. The van der Waals surface area contributed by atoms with E-state index in [0.717, 1.165) is 30.9 Å². The van der Waals surface area contributed by atoms with Crippen molar-refractivity contribution in [2.45, 2.75) is 25.8 Å². The van der Waals surface area contributed by atoms with Gasteiger partial charge < -0.3 is 10.1 Å². The summed E-state index contributed by atoms with van der Waals surface area (Å²) < 4.78 is 29.1. The second-order valence-electron chi connectivity index (χ2n) is 4.28.